The second kappa shape index (κ2) is 15.3. The summed E-state index contributed by atoms with van der Waals surface area (Å²) >= 11 is 1.84. The lowest BCUT2D eigenvalue weighted by molar-refractivity contribution is 0.278. The van der Waals surface area contributed by atoms with E-state index in [0.29, 0.717) is 23.2 Å². The van der Waals surface area contributed by atoms with Crippen LogP contribution in [0.3, 0.4) is 0 Å². The van der Waals surface area contributed by atoms with Crippen LogP contribution in [0.5, 0.6) is 5.75 Å². The molecule has 0 amide bonds. The fourth-order valence-corrected chi connectivity index (χ4v) is 10.3. The first kappa shape index (κ1) is 36.1. The maximum absolute atomic E-state index is 7.00. The number of hydrogen-bond donors (Lipinski definition) is 1. The lowest BCUT2D eigenvalue weighted by Crippen LogP contribution is -2.15. The first-order valence-electron chi connectivity index (χ1n) is 20.6. The van der Waals surface area contributed by atoms with Crippen LogP contribution in [0, 0.1) is 11.8 Å². The molecule has 3 aliphatic carbocycles. The SMILES string of the molecule is C=C(N=C(/C=C(\N)c1cccc(-c2cccc3c2sc2ccccc23)c1)c1ccccc1)C1=C2c3cc(C4=CC=C(C5C=CC(C)CC5)CC4)ccc3OC2CC=C1. The molecule has 0 saturated carbocycles. The molecule has 0 fully saturated rings. The molecule has 3 atom stereocenters. The number of rotatable bonds is 8. The number of nitrogens with two attached hydrogens (primary N) is 1. The Kier molecular flexibility index (Phi) is 9.51. The number of ether oxygens (including phenoxy) is 1. The van der Waals surface area contributed by atoms with Gasteiger partial charge >= 0.3 is 0 Å². The zero-order chi connectivity index (χ0) is 39.2. The standard InChI is InChI=1S/C54H46N2OS/c1-34-21-23-36(24-22-34)37-25-27-38(28-26-37)40-29-30-50-47(32-40)53-43(16-10-19-51(53)57-50)35(2)56-49(39-11-4-3-5-12-39)33-48(55)42-14-8-13-41(31-42)44-17-9-18-46-45-15-6-7-20-52(45)58-54(44)46/h3-18,20-21,23,25,27,29-34,36,51H,2,19,22,24,26,28,55H2,1H3/b48-33-,56-49?. The molecule has 0 bridgehead atoms. The molecule has 3 unspecified atom stereocenters. The molecular formula is C54H46N2OS. The van der Waals surface area contributed by atoms with Crippen molar-refractivity contribution in [3.63, 3.8) is 0 Å². The predicted molar refractivity (Wildman–Crippen MR) is 247 cm³/mol. The van der Waals surface area contributed by atoms with Crippen LogP contribution < -0.4 is 10.5 Å². The molecule has 1 aliphatic heterocycles. The van der Waals surface area contributed by atoms with E-state index in [-0.39, 0.29) is 6.10 Å². The van der Waals surface area contributed by atoms with E-state index >= 15 is 0 Å². The van der Waals surface area contributed by atoms with Crippen molar-refractivity contribution in [1.82, 2.24) is 0 Å². The van der Waals surface area contributed by atoms with E-state index in [9.17, 15) is 0 Å². The Morgan fingerprint density at radius 1 is 0.793 bits per heavy atom. The molecule has 5 aromatic carbocycles. The molecule has 2 N–H and O–H groups in total. The molecule has 0 spiro atoms. The maximum atomic E-state index is 7.00. The second-order valence-corrected chi connectivity index (χ2v) is 17.1. The molecule has 4 heteroatoms. The first-order valence-corrected chi connectivity index (χ1v) is 21.4. The van der Waals surface area contributed by atoms with Crippen LogP contribution in [0.1, 0.15) is 61.3 Å². The number of hydrogen-bond acceptors (Lipinski definition) is 4. The summed E-state index contributed by atoms with van der Waals surface area (Å²) in [5.74, 6) is 2.21. The fourth-order valence-electron chi connectivity index (χ4n) is 9.10. The van der Waals surface area contributed by atoms with Gasteiger partial charge in [0.15, 0.2) is 0 Å². The third-order valence-electron chi connectivity index (χ3n) is 12.3. The Labute approximate surface area is 345 Å². The van der Waals surface area contributed by atoms with Gasteiger partial charge in [-0.1, -0.05) is 147 Å². The highest BCUT2D eigenvalue weighted by atomic mass is 32.1. The van der Waals surface area contributed by atoms with Gasteiger partial charge in [-0.25, -0.2) is 4.99 Å². The van der Waals surface area contributed by atoms with Crippen molar-refractivity contribution in [2.45, 2.75) is 45.1 Å². The van der Waals surface area contributed by atoms with E-state index in [0.717, 1.165) is 64.1 Å². The fraction of sp³-hybridized carbons (Fsp3) is 0.167. The molecule has 2 heterocycles. The van der Waals surface area contributed by atoms with Gasteiger partial charge in [-0.2, -0.15) is 0 Å². The quantitative estimate of drug-likeness (QED) is 0.124. The summed E-state index contributed by atoms with van der Waals surface area (Å²) in [6.45, 7) is 6.90. The van der Waals surface area contributed by atoms with Gasteiger partial charge in [0, 0.05) is 54.6 Å². The molecule has 58 heavy (non-hydrogen) atoms. The van der Waals surface area contributed by atoms with E-state index in [2.05, 4.69) is 147 Å². The third-order valence-corrected chi connectivity index (χ3v) is 13.5. The van der Waals surface area contributed by atoms with Crippen LogP contribution in [0.25, 0.3) is 48.1 Å². The predicted octanol–water partition coefficient (Wildman–Crippen LogP) is 13.9. The van der Waals surface area contributed by atoms with Gasteiger partial charge in [-0.15, -0.1) is 11.3 Å². The first-order chi connectivity index (χ1) is 28.5. The minimum absolute atomic E-state index is 0.0709. The van der Waals surface area contributed by atoms with Crippen molar-refractivity contribution in [2.24, 2.45) is 22.6 Å². The number of benzene rings is 5. The second-order valence-electron chi connectivity index (χ2n) is 16.0. The Bertz CT molecular complexity index is 2840. The smallest absolute Gasteiger partial charge is 0.129 e. The van der Waals surface area contributed by atoms with E-state index in [1.54, 1.807) is 5.57 Å². The highest BCUT2D eigenvalue weighted by molar-refractivity contribution is 7.26. The average Bonchev–Trinajstić information content (AvgIpc) is 3.85. The minimum Gasteiger partial charge on any atom is -0.485 e. The normalized spacial score (nSPS) is 20.5. The van der Waals surface area contributed by atoms with Gasteiger partial charge in [0.1, 0.15) is 11.9 Å². The Morgan fingerprint density at radius 3 is 2.47 bits per heavy atom. The van der Waals surface area contributed by atoms with Gasteiger partial charge in [-0.3, -0.25) is 0 Å². The summed E-state index contributed by atoms with van der Waals surface area (Å²) in [6.07, 6.45) is 21.3. The molecular weight excluding hydrogens is 725 g/mol. The maximum Gasteiger partial charge on any atom is 0.129 e. The molecule has 10 rings (SSSR count). The zero-order valence-corrected chi connectivity index (χ0v) is 33.6. The van der Waals surface area contributed by atoms with E-state index in [4.69, 9.17) is 15.5 Å². The number of fused-ring (bicyclic) bond motifs is 6. The van der Waals surface area contributed by atoms with Gasteiger partial charge < -0.3 is 10.5 Å². The molecule has 284 valence electrons. The summed E-state index contributed by atoms with van der Waals surface area (Å²) in [6, 6.07) is 40.7. The van der Waals surface area contributed by atoms with Crippen LogP contribution in [0.2, 0.25) is 0 Å². The van der Waals surface area contributed by atoms with Gasteiger partial charge in [0.05, 0.1) is 11.4 Å². The van der Waals surface area contributed by atoms with Crippen LogP contribution in [-0.4, -0.2) is 11.8 Å². The number of nitrogens with zero attached hydrogens (tertiary/aromatic N) is 1. The average molecular weight is 771 g/mol. The lowest BCUT2D eigenvalue weighted by Gasteiger charge is -2.25. The van der Waals surface area contributed by atoms with Crippen LogP contribution in [0.15, 0.2) is 186 Å². The zero-order valence-electron chi connectivity index (χ0n) is 32.8. The third kappa shape index (κ3) is 6.82. The summed E-state index contributed by atoms with van der Waals surface area (Å²) in [5.41, 5.74) is 20.8. The summed E-state index contributed by atoms with van der Waals surface area (Å²) in [5, 5.41) is 2.58. The molecule has 0 radical (unpaired) electrons. The molecule has 1 aromatic heterocycles. The summed E-state index contributed by atoms with van der Waals surface area (Å²) < 4.78 is 9.15. The largest absolute Gasteiger partial charge is 0.485 e. The Morgan fingerprint density at radius 2 is 1.62 bits per heavy atom. The van der Waals surface area contributed by atoms with E-state index in [1.165, 1.54) is 49.7 Å². The van der Waals surface area contributed by atoms with Crippen molar-refractivity contribution in [3.8, 4) is 16.9 Å². The van der Waals surface area contributed by atoms with Crippen molar-refractivity contribution in [2.75, 3.05) is 0 Å². The van der Waals surface area contributed by atoms with Crippen LogP contribution >= 0.6 is 11.3 Å². The minimum atomic E-state index is -0.0709. The lowest BCUT2D eigenvalue weighted by atomic mass is 9.80. The van der Waals surface area contributed by atoms with Gasteiger partial charge in [-0.05, 0) is 95.7 Å². The molecule has 3 nitrogen and oxygen atoms in total. The van der Waals surface area contributed by atoms with E-state index in [1.807, 2.05) is 35.6 Å². The highest BCUT2D eigenvalue weighted by Gasteiger charge is 2.33. The molecule has 0 saturated heterocycles. The van der Waals surface area contributed by atoms with Crippen molar-refractivity contribution < 1.29 is 4.74 Å². The van der Waals surface area contributed by atoms with Gasteiger partial charge in [0.25, 0.3) is 0 Å². The van der Waals surface area contributed by atoms with Crippen LogP contribution in [-0.2, 0) is 0 Å². The van der Waals surface area contributed by atoms with Crippen LogP contribution in [0.4, 0.5) is 0 Å². The monoisotopic (exact) mass is 770 g/mol. The summed E-state index contributed by atoms with van der Waals surface area (Å²) in [4.78, 5) is 5.26. The molecule has 6 aromatic rings. The number of aliphatic imine (C=N–C) groups is 1. The Balaban J connectivity index is 0.987. The van der Waals surface area contributed by atoms with Crippen molar-refractivity contribution >= 4 is 54.1 Å². The van der Waals surface area contributed by atoms with Gasteiger partial charge in [0.2, 0.25) is 0 Å². The molecule has 4 aliphatic rings. The Hall–Kier alpha value is -6.23. The highest BCUT2D eigenvalue weighted by Crippen LogP contribution is 2.47. The number of thiophene rings is 1. The van der Waals surface area contributed by atoms with Crippen molar-refractivity contribution in [3.05, 3.63) is 203 Å². The van der Waals surface area contributed by atoms with Crippen molar-refractivity contribution in [1.29, 1.82) is 0 Å². The summed E-state index contributed by atoms with van der Waals surface area (Å²) in [7, 11) is 0. The van der Waals surface area contributed by atoms with E-state index < -0.39 is 0 Å². The topological polar surface area (TPSA) is 47.6 Å². The number of allylic oxidation sites excluding steroid dienone is 8.